The molecule has 0 saturated carbocycles. The molecule has 0 spiro atoms. The van der Waals surface area contributed by atoms with Crippen LogP contribution in [0.2, 0.25) is 0 Å². The van der Waals surface area contributed by atoms with Gasteiger partial charge in [0.2, 0.25) is 11.8 Å². The van der Waals surface area contributed by atoms with Crippen molar-refractivity contribution in [1.82, 2.24) is 10.2 Å². The van der Waals surface area contributed by atoms with Crippen molar-refractivity contribution in [3.63, 3.8) is 0 Å². The van der Waals surface area contributed by atoms with Crippen LogP contribution in [0.4, 0.5) is 0 Å². The molecule has 1 N–H and O–H groups in total. The Balaban J connectivity index is 4.24. The number of nitrogens with zero attached hydrogens (tertiary/aromatic N) is 1. The lowest BCUT2D eigenvalue weighted by Gasteiger charge is -2.24. The Morgan fingerprint density at radius 1 is 1.28 bits per heavy atom. The maximum atomic E-state index is 11.9. The molecular formula is C13H26N2O3. The molecule has 0 aliphatic rings. The fraction of sp³-hybridized carbons (Fsp3) is 0.846. The van der Waals surface area contributed by atoms with E-state index in [9.17, 15) is 9.59 Å². The third-order valence-corrected chi connectivity index (χ3v) is 2.15. The van der Waals surface area contributed by atoms with Crippen LogP contribution in [0, 0.1) is 0 Å². The van der Waals surface area contributed by atoms with Crippen LogP contribution in [0.1, 0.15) is 41.5 Å². The standard InChI is InChI=1S/C13H26N2O3/c1-7-15(8-11(16)14-10(2)3)12(17)9-18-13(4,5)6/h10H,7-9H2,1-6H3,(H,14,16). The first-order chi connectivity index (χ1) is 8.15. The molecule has 0 heterocycles. The summed E-state index contributed by atoms with van der Waals surface area (Å²) >= 11 is 0. The van der Waals surface area contributed by atoms with Crippen LogP contribution in [-0.4, -0.2) is 48.1 Å². The van der Waals surface area contributed by atoms with Crippen molar-refractivity contribution in [1.29, 1.82) is 0 Å². The van der Waals surface area contributed by atoms with E-state index in [2.05, 4.69) is 5.32 Å². The summed E-state index contributed by atoms with van der Waals surface area (Å²) in [6, 6.07) is 0.0807. The summed E-state index contributed by atoms with van der Waals surface area (Å²) in [6.45, 7) is 11.9. The van der Waals surface area contributed by atoms with Crippen molar-refractivity contribution in [2.75, 3.05) is 19.7 Å². The molecule has 0 atom stereocenters. The fourth-order valence-electron chi connectivity index (χ4n) is 1.29. The zero-order chi connectivity index (χ0) is 14.3. The first kappa shape index (κ1) is 16.9. The van der Waals surface area contributed by atoms with Crippen LogP contribution >= 0.6 is 0 Å². The van der Waals surface area contributed by atoms with E-state index >= 15 is 0 Å². The minimum atomic E-state index is -0.352. The lowest BCUT2D eigenvalue weighted by atomic mass is 10.2. The number of hydrogen-bond donors (Lipinski definition) is 1. The number of likely N-dealkylation sites (N-methyl/N-ethyl adjacent to an activating group) is 1. The summed E-state index contributed by atoms with van der Waals surface area (Å²) in [5.41, 5.74) is -0.352. The highest BCUT2D eigenvalue weighted by molar-refractivity contribution is 5.85. The predicted molar refractivity (Wildman–Crippen MR) is 71.2 cm³/mol. The van der Waals surface area contributed by atoms with Crippen LogP contribution in [0.15, 0.2) is 0 Å². The van der Waals surface area contributed by atoms with Gasteiger partial charge in [-0.15, -0.1) is 0 Å². The molecule has 0 unspecified atom stereocenters. The SMILES string of the molecule is CCN(CC(=O)NC(C)C)C(=O)COC(C)(C)C. The van der Waals surface area contributed by atoms with E-state index in [4.69, 9.17) is 4.74 Å². The number of nitrogens with one attached hydrogen (secondary N) is 1. The quantitative estimate of drug-likeness (QED) is 0.778. The molecule has 106 valence electrons. The zero-order valence-electron chi connectivity index (χ0n) is 12.4. The number of ether oxygens (including phenoxy) is 1. The monoisotopic (exact) mass is 258 g/mol. The molecular weight excluding hydrogens is 232 g/mol. The molecule has 5 heteroatoms. The second kappa shape index (κ2) is 7.36. The fourth-order valence-corrected chi connectivity index (χ4v) is 1.29. The van der Waals surface area contributed by atoms with Gasteiger partial charge in [-0.05, 0) is 41.5 Å². The highest BCUT2D eigenvalue weighted by Crippen LogP contribution is 2.06. The molecule has 18 heavy (non-hydrogen) atoms. The third-order valence-electron chi connectivity index (χ3n) is 2.15. The zero-order valence-corrected chi connectivity index (χ0v) is 12.4. The van der Waals surface area contributed by atoms with Crippen molar-refractivity contribution in [2.45, 2.75) is 53.2 Å². The van der Waals surface area contributed by atoms with Gasteiger partial charge < -0.3 is 15.0 Å². The molecule has 0 aromatic carbocycles. The number of hydrogen-bond acceptors (Lipinski definition) is 3. The summed E-state index contributed by atoms with van der Waals surface area (Å²) in [7, 11) is 0. The lowest BCUT2D eigenvalue weighted by Crippen LogP contribution is -2.44. The molecule has 0 aromatic heterocycles. The average molecular weight is 258 g/mol. The van der Waals surface area contributed by atoms with Crippen molar-refractivity contribution in [3.8, 4) is 0 Å². The van der Waals surface area contributed by atoms with Gasteiger partial charge in [0, 0.05) is 12.6 Å². The van der Waals surface area contributed by atoms with Crippen molar-refractivity contribution in [2.24, 2.45) is 0 Å². The molecule has 0 radical (unpaired) electrons. The van der Waals surface area contributed by atoms with Gasteiger partial charge in [-0.2, -0.15) is 0 Å². The minimum Gasteiger partial charge on any atom is -0.366 e. The largest absolute Gasteiger partial charge is 0.366 e. The van der Waals surface area contributed by atoms with Crippen LogP contribution in [0.3, 0.4) is 0 Å². The summed E-state index contributed by atoms with van der Waals surface area (Å²) in [5.74, 6) is -0.303. The second-order valence-electron chi connectivity index (χ2n) is 5.53. The molecule has 0 aromatic rings. The highest BCUT2D eigenvalue weighted by Gasteiger charge is 2.19. The Bertz CT molecular complexity index is 282. The third kappa shape index (κ3) is 8.06. The Hall–Kier alpha value is -1.10. The van der Waals surface area contributed by atoms with Crippen LogP contribution in [0.5, 0.6) is 0 Å². The molecule has 0 bridgehead atoms. The van der Waals surface area contributed by atoms with Crippen LogP contribution < -0.4 is 5.32 Å². The van der Waals surface area contributed by atoms with Gasteiger partial charge in [-0.1, -0.05) is 0 Å². The molecule has 2 amide bonds. The van der Waals surface area contributed by atoms with E-state index in [1.54, 1.807) is 0 Å². The summed E-state index contributed by atoms with van der Waals surface area (Å²) in [4.78, 5) is 24.9. The van der Waals surface area contributed by atoms with Crippen LogP contribution in [-0.2, 0) is 14.3 Å². The Labute approximate surface area is 110 Å². The molecule has 0 saturated heterocycles. The topological polar surface area (TPSA) is 58.6 Å². The summed E-state index contributed by atoms with van der Waals surface area (Å²) < 4.78 is 5.41. The van der Waals surface area contributed by atoms with Crippen molar-refractivity contribution in [3.05, 3.63) is 0 Å². The molecule has 5 nitrogen and oxygen atoms in total. The summed E-state index contributed by atoms with van der Waals surface area (Å²) in [6.07, 6.45) is 0. The Morgan fingerprint density at radius 2 is 1.83 bits per heavy atom. The first-order valence-electron chi connectivity index (χ1n) is 6.36. The van der Waals surface area contributed by atoms with E-state index in [1.165, 1.54) is 4.90 Å². The van der Waals surface area contributed by atoms with E-state index in [0.29, 0.717) is 6.54 Å². The van der Waals surface area contributed by atoms with Gasteiger partial charge in [0.25, 0.3) is 0 Å². The highest BCUT2D eigenvalue weighted by atomic mass is 16.5. The van der Waals surface area contributed by atoms with E-state index < -0.39 is 0 Å². The molecule has 0 rings (SSSR count). The van der Waals surface area contributed by atoms with Gasteiger partial charge in [0.15, 0.2) is 0 Å². The molecule has 0 fully saturated rings. The Kier molecular flexibility index (Phi) is 6.91. The van der Waals surface area contributed by atoms with Gasteiger partial charge in [-0.25, -0.2) is 0 Å². The van der Waals surface area contributed by atoms with E-state index in [-0.39, 0.29) is 36.6 Å². The van der Waals surface area contributed by atoms with Gasteiger partial charge in [-0.3, -0.25) is 9.59 Å². The van der Waals surface area contributed by atoms with Crippen LogP contribution in [0.25, 0.3) is 0 Å². The number of rotatable bonds is 6. The molecule has 0 aliphatic carbocycles. The predicted octanol–water partition coefficient (Wildman–Crippen LogP) is 1.17. The Morgan fingerprint density at radius 3 is 2.22 bits per heavy atom. The average Bonchev–Trinajstić information content (AvgIpc) is 2.20. The number of carbonyl (C=O) groups excluding carboxylic acids is 2. The maximum Gasteiger partial charge on any atom is 0.249 e. The second-order valence-corrected chi connectivity index (χ2v) is 5.53. The maximum absolute atomic E-state index is 11.9. The first-order valence-corrected chi connectivity index (χ1v) is 6.36. The lowest BCUT2D eigenvalue weighted by molar-refractivity contribution is -0.143. The molecule has 0 aliphatic heterocycles. The van der Waals surface area contributed by atoms with E-state index in [0.717, 1.165) is 0 Å². The van der Waals surface area contributed by atoms with Gasteiger partial charge in [0.1, 0.15) is 6.61 Å². The van der Waals surface area contributed by atoms with Gasteiger partial charge >= 0.3 is 0 Å². The summed E-state index contributed by atoms with van der Waals surface area (Å²) in [5, 5.41) is 2.76. The van der Waals surface area contributed by atoms with Crippen molar-refractivity contribution < 1.29 is 14.3 Å². The van der Waals surface area contributed by atoms with Crippen molar-refractivity contribution >= 4 is 11.8 Å². The van der Waals surface area contributed by atoms with E-state index in [1.807, 2.05) is 41.5 Å². The minimum absolute atomic E-state index is 0.00625. The number of carbonyl (C=O) groups is 2. The number of amides is 2. The smallest absolute Gasteiger partial charge is 0.249 e. The van der Waals surface area contributed by atoms with Gasteiger partial charge in [0.05, 0.1) is 12.1 Å². The normalized spacial score (nSPS) is 11.5.